The minimum Gasteiger partial charge on any atom is -0.350 e. The van der Waals surface area contributed by atoms with Crippen LogP contribution in [0, 0.1) is 0 Å². The molecule has 0 atom stereocenters. The fourth-order valence-corrected chi connectivity index (χ4v) is 3.27. The van der Waals surface area contributed by atoms with E-state index in [9.17, 15) is 4.79 Å². The second kappa shape index (κ2) is 4.90. The maximum atomic E-state index is 11.8. The molecule has 19 heavy (non-hydrogen) atoms. The number of hydrogen-bond acceptors (Lipinski definition) is 4. The van der Waals surface area contributed by atoms with Gasteiger partial charge in [0, 0.05) is 12.0 Å². The molecule has 1 aliphatic carbocycles. The van der Waals surface area contributed by atoms with Crippen LogP contribution >= 0.6 is 11.3 Å². The van der Waals surface area contributed by atoms with Crippen LogP contribution in [-0.4, -0.2) is 16.4 Å². The minimum atomic E-state index is -0.252. The van der Waals surface area contributed by atoms with E-state index in [1.165, 1.54) is 0 Å². The summed E-state index contributed by atoms with van der Waals surface area (Å²) in [5, 5.41) is 3.85. The molecule has 0 radical (unpaired) electrons. The van der Waals surface area contributed by atoms with Gasteiger partial charge in [-0.25, -0.2) is 4.98 Å². The number of carbonyl (C=O) groups excluding carboxylic acids is 1. The largest absolute Gasteiger partial charge is 0.350 e. The molecule has 3 rings (SSSR count). The lowest BCUT2D eigenvalue weighted by Crippen LogP contribution is -2.49. The molecule has 0 unspecified atom stereocenters. The summed E-state index contributed by atoms with van der Waals surface area (Å²) in [4.78, 5) is 16.3. The first-order valence-electron chi connectivity index (χ1n) is 6.55. The average Bonchev–Trinajstić information content (AvgIpc) is 2.77. The van der Waals surface area contributed by atoms with Gasteiger partial charge < -0.3 is 11.1 Å². The second-order valence-electron chi connectivity index (χ2n) is 5.24. The monoisotopic (exact) mass is 275 g/mol. The number of para-hydroxylation sites is 1. The van der Waals surface area contributed by atoms with Crippen molar-refractivity contribution in [2.45, 2.75) is 37.8 Å². The molecule has 1 aromatic heterocycles. The van der Waals surface area contributed by atoms with Gasteiger partial charge in [0.05, 0.1) is 16.8 Å². The van der Waals surface area contributed by atoms with E-state index >= 15 is 0 Å². The predicted molar refractivity (Wildman–Crippen MR) is 76.9 cm³/mol. The van der Waals surface area contributed by atoms with Crippen molar-refractivity contribution in [3.8, 4) is 0 Å². The van der Waals surface area contributed by atoms with Crippen molar-refractivity contribution >= 4 is 27.5 Å². The number of nitrogens with one attached hydrogen (secondary N) is 1. The Morgan fingerprint density at radius 2 is 2.21 bits per heavy atom. The summed E-state index contributed by atoms with van der Waals surface area (Å²) in [6.07, 6.45) is 3.49. The van der Waals surface area contributed by atoms with E-state index in [0.717, 1.165) is 34.5 Å². The number of aromatic nitrogens is 1. The molecule has 0 bridgehead atoms. The molecule has 0 saturated heterocycles. The molecule has 5 heteroatoms. The molecule has 1 aliphatic rings. The third-order valence-corrected chi connectivity index (χ3v) is 4.67. The van der Waals surface area contributed by atoms with Gasteiger partial charge in [0.2, 0.25) is 5.91 Å². The zero-order chi connectivity index (χ0) is 13.3. The van der Waals surface area contributed by atoms with Crippen molar-refractivity contribution in [2.24, 2.45) is 5.73 Å². The van der Waals surface area contributed by atoms with Crippen LogP contribution < -0.4 is 11.1 Å². The molecule has 1 heterocycles. The maximum Gasteiger partial charge on any atom is 0.222 e. The predicted octanol–water partition coefficient (Wildman–Crippen LogP) is 2.18. The number of amides is 1. The number of nitrogens with zero attached hydrogens (tertiary/aromatic N) is 1. The first-order chi connectivity index (χ1) is 9.15. The zero-order valence-corrected chi connectivity index (χ0v) is 11.5. The highest BCUT2D eigenvalue weighted by molar-refractivity contribution is 7.18. The van der Waals surface area contributed by atoms with Crippen molar-refractivity contribution in [1.82, 2.24) is 10.3 Å². The van der Waals surface area contributed by atoms with Gasteiger partial charge in [-0.05, 0) is 31.4 Å². The summed E-state index contributed by atoms with van der Waals surface area (Å²) in [6, 6.07) is 8.00. The van der Waals surface area contributed by atoms with Crippen molar-refractivity contribution < 1.29 is 4.79 Å². The number of carbonyl (C=O) groups is 1. The average molecular weight is 275 g/mol. The van der Waals surface area contributed by atoms with Crippen LogP contribution in [-0.2, 0) is 11.3 Å². The SMILES string of the molecule is NC1(CC(=O)NCc2nc3ccccc3s2)CCC1. The van der Waals surface area contributed by atoms with Gasteiger partial charge in [-0.3, -0.25) is 4.79 Å². The van der Waals surface area contributed by atoms with Crippen LogP contribution in [0.5, 0.6) is 0 Å². The van der Waals surface area contributed by atoms with Crippen LogP contribution in [0.15, 0.2) is 24.3 Å². The highest BCUT2D eigenvalue weighted by atomic mass is 32.1. The van der Waals surface area contributed by atoms with E-state index in [2.05, 4.69) is 10.3 Å². The van der Waals surface area contributed by atoms with Crippen molar-refractivity contribution in [3.05, 3.63) is 29.3 Å². The summed E-state index contributed by atoms with van der Waals surface area (Å²) >= 11 is 1.62. The summed E-state index contributed by atoms with van der Waals surface area (Å²) < 4.78 is 1.15. The second-order valence-corrected chi connectivity index (χ2v) is 6.36. The lowest BCUT2D eigenvalue weighted by molar-refractivity contribution is -0.123. The Balaban J connectivity index is 1.58. The van der Waals surface area contributed by atoms with Gasteiger partial charge in [-0.2, -0.15) is 0 Å². The lowest BCUT2D eigenvalue weighted by atomic mass is 9.75. The lowest BCUT2D eigenvalue weighted by Gasteiger charge is -2.37. The van der Waals surface area contributed by atoms with E-state index in [4.69, 9.17) is 5.73 Å². The van der Waals surface area contributed by atoms with E-state index in [1.807, 2.05) is 24.3 Å². The molecule has 4 nitrogen and oxygen atoms in total. The third-order valence-electron chi connectivity index (χ3n) is 3.64. The topological polar surface area (TPSA) is 68.0 Å². The summed E-state index contributed by atoms with van der Waals surface area (Å²) in [5.74, 6) is 0.0291. The molecule has 0 aliphatic heterocycles. The fourth-order valence-electron chi connectivity index (χ4n) is 2.36. The first-order valence-corrected chi connectivity index (χ1v) is 7.36. The Bertz CT molecular complexity index is 571. The normalized spacial score (nSPS) is 17.1. The maximum absolute atomic E-state index is 11.8. The molecule has 3 N–H and O–H groups in total. The number of nitrogens with two attached hydrogens (primary N) is 1. The number of fused-ring (bicyclic) bond motifs is 1. The van der Waals surface area contributed by atoms with Gasteiger partial charge in [0.15, 0.2) is 0 Å². The summed E-state index contributed by atoms with van der Waals surface area (Å²) in [7, 11) is 0. The van der Waals surface area contributed by atoms with Crippen molar-refractivity contribution in [3.63, 3.8) is 0 Å². The number of thiazole rings is 1. The van der Waals surface area contributed by atoms with Crippen LogP contribution in [0.3, 0.4) is 0 Å². The molecular weight excluding hydrogens is 258 g/mol. The molecule has 1 saturated carbocycles. The Morgan fingerprint density at radius 1 is 1.42 bits per heavy atom. The standard InChI is InChI=1S/C14H17N3OS/c15-14(6-3-7-14)8-12(18)16-9-13-17-10-4-1-2-5-11(10)19-13/h1-2,4-5H,3,6-9,15H2,(H,16,18). The van der Waals surface area contributed by atoms with E-state index in [0.29, 0.717) is 13.0 Å². The third kappa shape index (κ3) is 2.77. The molecule has 1 fully saturated rings. The minimum absolute atomic E-state index is 0.0291. The highest BCUT2D eigenvalue weighted by Gasteiger charge is 2.34. The number of rotatable bonds is 4. The molecule has 1 amide bonds. The summed E-state index contributed by atoms with van der Waals surface area (Å²) in [6.45, 7) is 0.494. The Morgan fingerprint density at radius 3 is 2.89 bits per heavy atom. The van der Waals surface area contributed by atoms with E-state index < -0.39 is 0 Å². The van der Waals surface area contributed by atoms with E-state index in [1.54, 1.807) is 11.3 Å². The first kappa shape index (κ1) is 12.6. The van der Waals surface area contributed by atoms with Gasteiger partial charge in [0.1, 0.15) is 5.01 Å². The quantitative estimate of drug-likeness (QED) is 0.898. The van der Waals surface area contributed by atoms with Gasteiger partial charge in [-0.1, -0.05) is 12.1 Å². The Kier molecular flexibility index (Phi) is 3.24. The molecular formula is C14H17N3OS. The molecule has 0 spiro atoms. The van der Waals surface area contributed by atoms with Crippen molar-refractivity contribution in [1.29, 1.82) is 0 Å². The molecule has 2 aromatic rings. The smallest absolute Gasteiger partial charge is 0.222 e. The Labute approximate surface area is 116 Å². The number of benzene rings is 1. The summed E-state index contributed by atoms with van der Waals surface area (Å²) in [5.41, 5.74) is 6.80. The van der Waals surface area contributed by atoms with Crippen LogP contribution in [0.2, 0.25) is 0 Å². The number of hydrogen-bond donors (Lipinski definition) is 2. The zero-order valence-electron chi connectivity index (χ0n) is 10.7. The van der Waals surface area contributed by atoms with Crippen molar-refractivity contribution in [2.75, 3.05) is 0 Å². The molecule has 1 aromatic carbocycles. The van der Waals surface area contributed by atoms with Gasteiger partial charge >= 0.3 is 0 Å². The Hall–Kier alpha value is -1.46. The highest BCUT2D eigenvalue weighted by Crippen LogP contribution is 2.32. The van der Waals surface area contributed by atoms with Crippen LogP contribution in [0.25, 0.3) is 10.2 Å². The van der Waals surface area contributed by atoms with Crippen LogP contribution in [0.4, 0.5) is 0 Å². The van der Waals surface area contributed by atoms with Crippen LogP contribution in [0.1, 0.15) is 30.7 Å². The van der Waals surface area contributed by atoms with Gasteiger partial charge in [-0.15, -0.1) is 11.3 Å². The molecule has 100 valence electrons. The fraction of sp³-hybridized carbons (Fsp3) is 0.429. The van der Waals surface area contributed by atoms with E-state index in [-0.39, 0.29) is 11.4 Å². The van der Waals surface area contributed by atoms with Gasteiger partial charge in [0.25, 0.3) is 0 Å².